The van der Waals surface area contributed by atoms with Crippen LogP contribution in [0.4, 0.5) is 13.2 Å². The lowest BCUT2D eigenvalue weighted by molar-refractivity contribution is -0.274. The topological polar surface area (TPSA) is 64.7 Å². The van der Waals surface area contributed by atoms with Gasteiger partial charge in [-0.05, 0) is 24.6 Å². The van der Waals surface area contributed by atoms with Crippen molar-refractivity contribution in [3.63, 3.8) is 0 Å². The van der Waals surface area contributed by atoms with E-state index in [0.717, 1.165) is 25.0 Å². The van der Waals surface area contributed by atoms with Gasteiger partial charge in [-0.1, -0.05) is 19.8 Å². The lowest BCUT2D eigenvalue weighted by Crippen LogP contribution is -2.27. The second-order valence-electron chi connectivity index (χ2n) is 4.69. The Morgan fingerprint density at radius 1 is 1.33 bits per heavy atom. The van der Waals surface area contributed by atoms with Crippen molar-refractivity contribution in [2.75, 3.05) is 7.11 Å². The molecule has 0 heterocycles. The molecule has 4 nitrogen and oxygen atoms in total. The molecule has 0 fully saturated rings. The van der Waals surface area contributed by atoms with Crippen LogP contribution in [0.1, 0.15) is 37.8 Å². The van der Waals surface area contributed by atoms with Crippen molar-refractivity contribution in [2.45, 2.75) is 44.7 Å². The molecular weight excluding hydrogens is 287 g/mol. The molecule has 0 spiro atoms. The molecule has 0 saturated carbocycles. The predicted molar refractivity (Wildman–Crippen MR) is 72.1 cm³/mol. The van der Waals surface area contributed by atoms with Crippen molar-refractivity contribution in [2.24, 2.45) is 5.73 Å². The first-order valence-electron chi connectivity index (χ1n) is 6.65. The van der Waals surface area contributed by atoms with Crippen molar-refractivity contribution in [1.29, 1.82) is 0 Å². The third kappa shape index (κ3) is 5.43. The molecular formula is C14H20F3NO3. The number of hydrogen-bond acceptors (Lipinski definition) is 4. The van der Waals surface area contributed by atoms with Crippen molar-refractivity contribution in [3.05, 3.63) is 23.8 Å². The second kappa shape index (κ2) is 7.51. The molecule has 0 amide bonds. The Hall–Kier alpha value is -1.47. The number of benzene rings is 1. The molecule has 0 radical (unpaired) electrons. The zero-order valence-corrected chi connectivity index (χ0v) is 12.0. The number of methoxy groups -OCH3 is 1. The van der Waals surface area contributed by atoms with Crippen LogP contribution in [0.15, 0.2) is 18.2 Å². The number of nitrogens with two attached hydrogens (primary N) is 1. The molecule has 0 bridgehead atoms. The molecule has 1 rings (SSSR count). The van der Waals surface area contributed by atoms with Crippen LogP contribution in [0.2, 0.25) is 0 Å². The first-order valence-corrected chi connectivity index (χ1v) is 6.65. The van der Waals surface area contributed by atoms with Gasteiger partial charge in [0.25, 0.3) is 0 Å². The maximum Gasteiger partial charge on any atom is 0.573 e. The van der Waals surface area contributed by atoms with E-state index in [1.54, 1.807) is 0 Å². The van der Waals surface area contributed by atoms with E-state index in [4.69, 9.17) is 10.5 Å². The summed E-state index contributed by atoms with van der Waals surface area (Å²) in [5.74, 6) is -0.0796. The molecule has 1 aromatic rings. The van der Waals surface area contributed by atoms with Crippen LogP contribution < -0.4 is 15.2 Å². The number of halogens is 3. The highest BCUT2D eigenvalue weighted by Crippen LogP contribution is 2.33. The van der Waals surface area contributed by atoms with E-state index >= 15 is 0 Å². The first kappa shape index (κ1) is 17.6. The van der Waals surface area contributed by atoms with Gasteiger partial charge in [0.2, 0.25) is 0 Å². The summed E-state index contributed by atoms with van der Waals surface area (Å²) in [5.41, 5.74) is 6.20. The summed E-state index contributed by atoms with van der Waals surface area (Å²) in [5, 5.41) is 10.0. The van der Waals surface area contributed by atoms with Crippen LogP contribution >= 0.6 is 0 Å². The maximum atomic E-state index is 12.2. The minimum absolute atomic E-state index is 0.280. The van der Waals surface area contributed by atoms with Crippen LogP contribution in [0.5, 0.6) is 11.5 Å². The summed E-state index contributed by atoms with van der Waals surface area (Å²) in [7, 11) is 1.38. The van der Waals surface area contributed by atoms with Gasteiger partial charge in [-0.25, -0.2) is 0 Å². The SMILES string of the molecule is CCCC[C@@H](O)[C@@H](N)c1cc(OC(F)(F)F)ccc1OC. The van der Waals surface area contributed by atoms with E-state index < -0.39 is 24.3 Å². The van der Waals surface area contributed by atoms with Crippen LogP contribution in [0.3, 0.4) is 0 Å². The Morgan fingerprint density at radius 2 is 2.00 bits per heavy atom. The highest BCUT2D eigenvalue weighted by molar-refractivity contribution is 5.42. The number of aliphatic hydroxyl groups is 1. The Balaban J connectivity index is 2.99. The minimum Gasteiger partial charge on any atom is -0.496 e. The molecule has 1 aromatic carbocycles. The lowest BCUT2D eigenvalue weighted by Gasteiger charge is -2.22. The molecule has 0 aromatic heterocycles. The van der Waals surface area contributed by atoms with Gasteiger partial charge in [0.15, 0.2) is 0 Å². The number of hydrogen-bond donors (Lipinski definition) is 2. The average Bonchev–Trinajstić information content (AvgIpc) is 2.42. The molecule has 0 aliphatic carbocycles. The second-order valence-corrected chi connectivity index (χ2v) is 4.69. The normalized spacial score (nSPS) is 14.6. The Kier molecular flexibility index (Phi) is 6.29. The van der Waals surface area contributed by atoms with E-state index in [1.807, 2.05) is 6.92 Å². The van der Waals surface area contributed by atoms with Gasteiger partial charge >= 0.3 is 6.36 Å². The van der Waals surface area contributed by atoms with Gasteiger partial charge in [0.05, 0.1) is 19.3 Å². The number of ether oxygens (including phenoxy) is 2. The van der Waals surface area contributed by atoms with Gasteiger partial charge in [-0.2, -0.15) is 0 Å². The van der Waals surface area contributed by atoms with Crippen LogP contribution in [-0.4, -0.2) is 24.7 Å². The smallest absolute Gasteiger partial charge is 0.496 e. The van der Waals surface area contributed by atoms with Gasteiger partial charge in [-0.3, -0.25) is 0 Å². The maximum absolute atomic E-state index is 12.2. The summed E-state index contributed by atoms with van der Waals surface area (Å²) in [6, 6.07) is 2.78. The molecule has 0 aliphatic heterocycles. The van der Waals surface area contributed by atoms with E-state index in [9.17, 15) is 18.3 Å². The van der Waals surface area contributed by atoms with Gasteiger partial charge in [0.1, 0.15) is 11.5 Å². The highest BCUT2D eigenvalue weighted by atomic mass is 19.4. The molecule has 2 atom stereocenters. The van der Waals surface area contributed by atoms with E-state index in [2.05, 4.69) is 4.74 Å². The molecule has 0 aliphatic rings. The largest absolute Gasteiger partial charge is 0.573 e. The van der Waals surface area contributed by atoms with Crippen molar-refractivity contribution >= 4 is 0 Å². The Morgan fingerprint density at radius 3 is 2.52 bits per heavy atom. The standard InChI is InChI=1S/C14H20F3NO3/c1-3-4-5-11(19)13(18)10-8-9(21-14(15,16)17)6-7-12(10)20-2/h6-8,11,13,19H,3-5,18H2,1-2H3/t11-,13+/m1/s1. The summed E-state index contributed by atoms with van der Waals surface area (Å²) >= 11 is 0. The van der Waals surface area contributed by atoms with Crippen molar-refractivity contribution < 1.29 is 27.8 Å². The Bertz CT molecular complexity index is 452. The molecule has 21 heavy (non-hydrogen) atoms. The van der Waals surface area contributed by atoms with Crippen molar-refractivity contribution in [3.8, 4) is 11.5 Å². The Labute approximate surface area is 121 Å². The fourth-order valence-corrected chi connectivity index (χ4v) is 1.97. The van der Waals surface area contributed by atoms with E-state index in [0.29, 0.717) is 12.2 Å². The number of unbranched alkanes of at least 4 members (excludes halogenated alkanes) is 1. The summed E-state index contributed by atoms with van der Waals surface area (Å²) in [6.07, 6.45) is -3.52. The molecule has 3 N–H and O–H groups in total. The zero-order valence-electron chi connectivity index (χ0n) is 12.0. The van der Waals surface area contributed by atoms with E-state index in [1.165, 1.54) is 13.2 Å². The summed E-state index contributed by atoms with van der Waals surface area (Å²) < 4.78 is 45.7. The third-order valence-corrected chi connectivity index (χ3v) is 3.06. The summed E-state index contributed by atoms with van der Waals surface area (Å²) in [6.45, 7) is 1.97. The monoisotopic (exact) mass is 307 g/mol. The average molecular weight is 307 g/mol. The minimum atomic E-state index is -4.78. The first-order chi connectivity index (χ1) is 9.78. The number of rotatable bonds is 7. The van der Waals surface area contributed by atoms with Crippen molar-refractivity contribution in [1.82, 2.24) is 0 Å². The summed E-state index contributed by atoms with van der Waals surface area (Å²) in [4.78, 5) is 0. The molecule has 0 saturated heterocycles. The molecule has 0 unspecified atom stereocenters. The lowest BCUT2D eigenvalue weighted by atomic mass is 9.97. The van der Waals surface area contributed by atoms with Crippen LogP contribution in [0, 0.1) is 0 Å². The quantitative estimate of drug-likeness (QED) is 0.812. The van der Waals surface area contributed by atoms with Crippen LogP contribution in [-0.2, 0) is 0 Å². The fourth-order valence-electron chi connectivity index (χ4n) is 1.97. The van der Waals surface area contributed by atoms with Gasteiger partial charge in [-0.15, -0.1) is 13.2 Å². The number of alkyl halides is 3. The predicted octanol–water partition coefficient (Wildman–Crippen LogP) is 3.14. The zero-order chi connectivity index (χ0) is 16.0. The fraction of sp³-hybridized carbons (Fsp3) is 0.571. The van der Waals surface area contributed by atoms with E-state index in [-0.39, 0.29) is 5.56 Å². The van der Waals surface area contributed by atoms with Crippen LogP contribution in [0.25, 0.3) is 0 Å². The molecule has 7 heteroatoms. The third-order valence-electron chi connectivity index (χ3n) is 3.06. The molecule has 120 valence electrons. The highest BCUT2D eigenvalue weighted by Gasteiger charge is 2.32. The number of aliphatic hydroxyl groups excluding tert-OH is 1. The van der Waals surface area contributed by atoms with Gasteiger partial charge in [0, 0.05) is 5.56 Å². The van der Waals surface area contributed by atoms with Gasteiger partial charge < -0.3 is 20.3 Å².